The maximum atomic E-state index is 11.5. The van der Waals surface area contributed by atoms with Crippen molar-refractivity contribution in [2.75, 3.05) is 0 Å². The van der Waals surface area contributed by atoms with Gasteiger partial charge in [-0.15, -0.1) is 0 Å². The molecule has 44 valence electrons. The lowest BCUT2D eigenvalue weighted by Crippen LogP contribution is -1.81. The van der Waals surface area contributed by atoms with Crippen molar-refractivity contribution in [1.29, 1.82) is 0 Å². The Bertz CT molecular complexity index is 147. The van der Waals surface area contributed by atoms with E-state index in [1.54, 1.807) is 0 Å². The molecule has 2 nitrogen and oxygen atoms in total. The normalized spacial score (nSPS) is 10.4. The number of rotatable bonds is 1. The fourth-order valence-corrected chi connectivity index (χ4v) is 0.388. The zero-order chi connectivity index (χ0) is 5.98. The minimum absolute atomic E-state index is 0.134. The van der Waals surface area contributed by atoms with Crippen LogP contribution in [0.4, 0.5) is 8.78 Å². The number of hydrogen-bond donors (Lipinski definition) is 1. The van der Waals surface area contributed by atoms with Crippen LogP contribution in [0.25, 0.3) is 0 Å². The topological polar surface area (TPSA) is 28.7 Å². The van der Waals surface area contributed by atoms with Gasteiger partial charge in [0.15, 0.2) is 0 Å². The molecule has 0 saturated carbocycles. The molecule has 0 atom stereocenters. The number of alkyl halides is 2. The SMILES string of the molecule is FC(F)c1ccn[nH]1. The number of aromatic nitrogens is 2. The van der Waals surface area contributed by atoms with Gasteiger partial charge in [-0.05, 0) is 6.07 Å². The van der Waals surface area contributed by atoms with E-state index in [0.29, 0.717) is 0 Å². The zero-order valence-corrected chi connectivity index (χ0v) is 3.94. The van der Waals surface area contributed by atoms with Gasteiger partial charge in [0.25, 0.3) is 6.43 Å². The van der Waals surface area contributed by atoms with Crippen LogP contribution in [0, 0.1) is 0 Å². The summed E-state index contributed by atoms with van der Waals surface area (Å²) in [5.74, 6) is 0. The van der Waals surface area contributed by atoms with Crippen LogP contribution >= 0.6 is 0 Å². The van der Waals surface area contributed by atoms with Crippen molar-refractivity contribution < 1.29 is 8.78 Å². The Balaban J connectivity index is 2.77. The molecular formula is C4H4F2N2. The van der Waals surface area contributed by atoms with Crippen LogP contribution in [0.2, 0.25) is 0 Å². The van der Waals surface area contributed by atoms with Crippen LogP contribution in [-0.4, -0.2) is 10.2 Å². The van der Waals surface area contributed by atoms with Gasteiger partial charge in [-0.3, -0.25) is 5.10 Å². The molecule has 0 fully saturated rings. The van der Waals surface area contributed by atoms with Crippen molar-refractivity contribution in [3.63, 3.8) is 0 Å². The van der Waals surface area contributed by atoms with E-state index < -0.39 is 6.43 Å². The lowest BCUT2D eigenvalue weighted by molar-refractivity contribution is 0.146. The maximum absolute atomic E-state index is 11.5. The second-order valence-electron chi connectivity index (χ2n) is 1.31. The first-order chi connectivity index (χ1) is 3.80. The summed E-state index contributed by atoms with van der Waals surface area (Å²) in [4.78, 5) is 0. The quantitative estimate of drug-likeness (QED) is 0.592. The number of halogens is 2. The lowest BCUT2D eigenvalue weighted by atomic mass is 10.5. The van der Waals surface area contributed by atoms with Crippen molar-refractivity contribution in [2.24, 2.45) is 0 Å². The first-order valence-electron chi connectivity index (χ1n) is 2.08. The highest BCUT2D eigenvalue weighted by Crippen LogP contribution is 2.13. The molecule has 0 aromatic carbocycles. The molecule has 1 N–H and O–H groups in total. The Labute approximate surface area is 44.5 Å². The summed E-state index contributed by atoms with van der Waals surface area (Å²) in [6.07, 6.45) is -1.14. The van der Waals surface area contributed by atoms with E-state index in [9.17, 15) is 8.78 Å². The summed E-state index contributed by atoms with van der Waals surface area (Å²) < 4.78 is 23.1. The van der Waals surface area contributed by atoms with Crippen LogP contribution in [0.5, 0.6) is 0 Å². The van der Waals surface area contributed by atoms with Gasteiger partial charge < -0.3 is 0 Å². The van der Waals surface area contributed by atoms with Gasteiger partial charge in [-0.2, -0.15) is 5.10 Å². The second kappa shape index (κ2) is 1.90. The van der Waals surface area contributed by atoms with Crippen LogP contribution in [0.1, 0.15) is 12.1 Å². The van der Waals surface area contributed by atoms with Crippen molar-refractivity contribution in [1.82, 2.24) is 10.2 Å². The predicted octanol–water partition coefficient (Wildman–Crippen LogP) is 1.35. The predicted molar refractivity (Wildman–Crippen MR) is 23.5 cm³/mol. The fraction of sp³-hybridized carbons (Fsp3) is 0.250. The number of hydrogen-bond acceptors (Lipinski definition) is 1. The van der Waals surface area contributed by atoms with Crippen LogP contribution in [0.15, 0.2) is 12.3 Å². The molecule has 0 aliphatic rings. The van der Waals surface area contributed by atoms with Crippen LogP contribution in [0.3, 0.4) is 0 Å². The largest absolute Gasteiger partial charge is 0.279 e. The summed E-state index contributed by atoms with van der Waals surface area (Å²) in [6.45, 7) is 0. The smallest absolute Gasteiger partial charge is 0.277 e. The third-order valence-electron chi connectivity index (χ3n) is 0.757. The molecule has 1 aromatic heterocycles. The third-order valence-corrected chi connectivity index (χ3v) is 0.757. The van der Waals surface area contributed by atoms with Gasteiger partial charge >= 0.3 is 0 Å². The summed E-state index contributed by atoms with van der Waals surface area (Å²) >= 11 is 0. The first-order valence-corrected chi connectivity index (χ1v) is 2.08. The first kappa shape index (κ1) is 5.21. The fourth-order valence-electron chi connectivity index (χ4n) is 0.388. The minimum atomic E-state index is -2.43. The molecule has 1 rings (SSSR count). The molecule has 0 aliphatic carbocycles. The molecule has 0 saturated heterocycles. The van der Waals surface area contributed by atoms with E-state index >= 15 is 0 Å². The number of nitrogens with zero attached hydrogens (tertiary/aromatic N) is 1. The Kier molecular flexibility index (Phi) is 1.24. The van der Waals surface area contributed by atoms with Crippen molar-refractivity contribution in [2.45, 2.75) is 6.43 Å². The number of aromatic amines is 1. The highest BCUT2D eigenvalue weighted by molar-refractivity contribution is 4.97. The molecule has 0 bridgehead atoms. The van der Waals surface area contributed by atoms with E-state index in [1.807, 2.05) is 0 Å². The van der Waals surface area contributed by atoms with Crippen molar-refractivity contribution in [3.8, 4) is 0 Å². The minimum Gasteiger partial charge on any atom is -0.277 e. The molecule has 0 radical (unpaired) electrons. The number of nitrogens with one attached hydrogen (secondary N) is 1. The Morgan fingerprint density at radius 1 is 1.62 bits per heavy atom. The zero-order valence-electron chi connectivity index (χ0n) is 3.94. The summed E-state index contributed by atoms with van der Waals surface area (Å²) in [5.41, 5.74) is -0.134. The van der Waals surface area contributed by atoms with E-state index in [2.05, 4.69) is 10.2 Å². The molecule has 0 amide bonds. The van der Waals surface area contributed by atoms with Crippen molar-refractivity contribution in [3.05, 3.63) is 18.0 Å². The molecular weight excluding hydrogens is 114 g/mol. The highest BCUT2D eigenvalue weighted by Gasteiger charge is 2.05. The van der Waals surface area contributed by atoms with Crippen LogP contribution < -0.4 is 0 Å². The van der Waals surface area contributed by atoms with Gasteiger partial charge in [-0.1, -0.05) is 0 Å². The second-order valence-corrected chi connectivity index (χ2v) is 1.31. The van der Waals surface area contributed by atoms with E-state index in [1.165, 1.54) is 12.3 Å². The summed E-state index contributed by atoms with van der Waals surface area (Å²) in [7, 11) is 0. The molecule has 1 aromatic rings. The van der Waals surface area contributed by atoms with E-state index in [4.69, 9.17) is 0 Å². The van der Waals surface area contributed by atoms with Crippen LogP contribution in [-0.2, 0) is 0 Å². The van der Waals surface area contributed by atoms with E-state index in [0.717, 1.165) is 0 Å². The molecule has 0 aliphatic heterocycles. The molecule has 1 heterocycles. The monoisotopic (exact) mass is 118 g/mol. The maximum Gasteiger partial charge on any atom is 0.279 e. The summed E-state index contributed by atoms with van der Waals surface area (Å²) in [5, 5.41) is 5.48. The molecule has 0 unspecified atom stereocenters. The molecule has 8 heavy (non-hydrogen) atoms. The van der Waals surface area contributed by atoms with Gasteiger partial charge in [-0.25, -0.2) is 8.78 Å². The number of H-pyrrole nitrogens is 1. The Morgan fingerprint density at radius 2 is 2.38 bits per heavy atom. The van der Waals surface area contributed by atoms with Crippen molar-refractivity contribution >= 4 is 0 Å². The lowest BCUT2D eigenvalue weighted by Gasteiger charge is -1.87. The summed E-state index contributed by atoms with van der Waals surface area (Å²) in [6, 6.07) is 1.24. The van der Waals surface area contributed by atoms with Gasteiger partial charge in [0.1, 0.15) is 5.69 Å². The van der Waals surface area contributed by atoms with Gasteiger partial charge in [0.2, 0.25) is 0 Å². The Morgan fingerprint density at radius 3 is 2.62 bits per heavy atom. The van der Waals surface area contributed by atoms with E-state index in [-0.39, 0.29) is 5.69 Å². The highest BCUT2D eigenvalue weighted by atomic mass is 19.3. The molecule has 4 heteroatoms. The average molecular weight is 118 g/mol. The average Bonchev–Trinajstić information content (AvgIpc) is 2.12. The third kappa shape index (κ3) is 0.828. The Hall–Kier alpha value is -0.930. The standard InChI is InChI=1S/C4H4F2N2/c5-4(6)3-1-2-7-8-3/h1-2,4H,(H,7,8). The van der Waals surface area contributed by atoms with Gasteiger partial charge in [0, 0.05) is 6.20 Å². The molecule has 0 spiro atoms. The van der Waals surface area contributed by atoms with Gasteiger partial charge in [0.05, 0.1) is 0 Å².